The van der Waals surface area contributed by atoms with Gasteiger partial charge in [-0.15, -0.1) is 0 Å². The molecule has 1 aromatic heterocycles. The third-order valence-corrected chi connectivity index (χ3v) is 6.93. The van der Waals surface area contributed by atoms with E-state index < -0.39 is 17.7 Å². The lowest BCUT2D eigenvalue weighted by Crippen LogP contribution is -2.32. The number of hydrogen-bond donors (Lipinski definition) is 2. The minimum atomic E-state index is -0.790. The van der Waals surface area contributed by atoms with Gasteiger partial charge in [0.1, 0.15) is 0 Å². The van der Waals surface area contributed by atoms with Gasteiger partial charge in [0.05, 0.1) is 22.6 Å². The van der Waals surface area contributed by atoms with Crippen molar-refractivity contribution in [3.05, 3.63) is 101 Å². The number of fused-ring (bicyclic) bond motifs is 1. The highest BCUT2D eigenvalue weighted by molar-refractivity contribution is 6.16. The number of aromatic nitrogens is 2. The van der Waals surface area contributed by atoms with Crippen molar-refractivity contribution in [3.63, 3.8) is 0 Å². The summed E-state index contributed by atoms with van der Waals surface area (Å²) in [6, 6.07) is 24.2. The molecule has 0 saturated heterocycles. The van der Waals surface area contributed by atoms with Gasteiger partial charge in [-0.2, -0.15) is 0 Å². The van der Waals surface area contributed by atoms with Gasteiger partial charge >= 0.3 is 0 Å². The summed E-state index contributed by atoms with van der Waals surface area (Å²) in [4.78, 5) is 38.4. The van der Waals surface area contributed by atoms with Crippen molar-refractivity contribution < 1.29 is 14.7 Å². The van der Waals surface area contributed by atoms with Crippen LogP contribution in [0.25, 0.3) is 11.0 Å². The Bertz CT molecular complexity index is 1420. The second-order valence-electron chi connectivity index (χ2n) is 9.09. The number of aliphatic hydroxyl groups excluding tert-OH is 1. The van der Waals surface area contributed by atoms with Crippen molar-refractivity contribution in [2.75, 3.05) is 22.9 Å². The Morgan fingerprint density at radius 3 is 2.32 bits per heavy atom. The molecule has 188 valence electrons. The Morgan fingerprint density at radius 2 is 1.65 bits per heavy atom. The molecule has 0 saturated carbocycles. The van der Waals surface area contributed by atoms with Crippen molar-refractivity contribution >= 4 is 34.4 Å². The van der Waals surface area contributed by atoms with Gasteiger partial charge < -0.3 is 15.0 Å². The Balaban J connectivity index is 1.54. The number of H-pyrrole nitrogens is 1. The number of ketones is 1. The quantitative estimate of drug-likeness (QED) is 0.320. The first-order valence-corrected chi connectivity index (χ1v) is 12.6. The number of benzene rings is 3. The molecule has 0 bridgehead atoms. The molecule has 0 radical (unpaired) electrons. The van der Waals surface area contributed by atoms with E-state index in [9.17, 15) is 14.7 Å². The molecule has 1 atom stereocenters. The van der Waals surface area contributed by atoms with Crippen LogP contribution in [0.5, 0.6) is 0 Å². The van der Waals surface area contributed by atoms with E-state index in [1.54, 1.807) is 0 Å². The molecule has 4 aromatic rings. The number of aliphatic hydroxyl groups is 1. The number of nitrogens with one attached hydrogen (secondary N) is 1. The second kappa shape index (κ2) is 10.3. The number of Topliss-reactive ketones (excluding diaryl/α,β-unsaturated/α-hetero) is 1. The van der Waals surface area contributed by atoms with Crippen LogP contribution in [0.4, 0.5) is 11.6 Å². The van der Waals surface area contributed by atoms with E-state index in [1.807, 2.05) is 78.9 Å². The molecule has 3 aromatic carbocycles. The molecule has 37 heavy (non-hydrogen) atoms. The number of aromatic amines is 1. The zero-order valence-electron chi connectivity index (χ0n) is 21.0. The average Bonchev–Trinajstić information content (AvgIpc) is 3.47. The summed E-state index contributed by atoms with van der Waals surface area (Å²) in [6.45, 7) is 5.93. The Hall–Kier alpha value is -4.39. The largest absolute Gasteiger partial charge is 0.503 e. The lowest BCUT2D eigenvalue weighted by atomic mass is 9.93. The first kappa shape index (κ1) is 24.3. The molecule has 2 heterocycles. The molecule has 1 unspecified atom stereocenters. The fourth-order valence-electron chi connectivity index (χ4n) is 4.97. The van der Waals surface area contributed by atoms with E-state index >= 15 is 0 Å². The van der Waals surface area contributed by atoms with Crippen LogP contribution in [0, 0.1) is 0 Å². The van der Waals surface area contributed by atoms with Gasteiger partial charge in [0.15, 0.2) is 11.5 Å². The highest BCUT2D eigenvalue weighted by Gasteiger charge is 2.45. The molecule has 5 rings (SSSR count). The van der Waals surface area contributed by atoms with Crippen LogP contribution in [0.2, 0.25) is 0 Å². The minimum absolute atomic E-state index is 0.108. The predicted molar refractivity (Wildman–Crippen MR) is 146 cm³/mol. The Kier molecular flexibility index (Phi) is 6.77. The Morgan fingerprint density at radius 1 is 0.973 bits per heavy atom. The van der Waals surface area contributed by atoms with Gasteiger partial charge in [0, 0.05) is 25.2 Å². The summed E-state index contributed by atoms with van der Waals surface area (Å²) in [5.41, 5.74) is 4.38. The zero-order valence-corrected chi connectivity index (χ0v) is 21.0. The first-order valence-electron chi connectivity index (χ1n) is 12.6. The predicted octanol–water partition coefficient (Wildman–Crippen LogP) is 5.51. The molecule has 1 aliphatic heterocycles. The first-order chi connectivity index (χ1) is 18.0. The molecule has 0 aliphatic carbocycles. The number of carbonyl (C=O) groups is 2. The van der Waals surface area contributed by atoms with E-state index in [0.29, 0.717) is 17.9 Å². The van der Waals surface area contributed by atoms with Crippen LogP contribution in [-0.2, 0) is 16.0 Å². The minimum Gasteiger partial charge on any atom is -0.503 e. The highest BCUT2D eigenvalue weighted by Crippen LogP contribution is 2.41. The van der Waals surface area contributed by atoms with Gasteiger partial charge in [0.2, 0.25) is 5.95 Å². The number of imidazole rings is 1. The normalized spacial score (nSPS) is 15.6. The van der Waals surface area contributed by atoms with Crippen LogP contribution in [-0.4, -0.2) is 39.9 Å². The van der Waals surface area contributed by atoms with Gasteiger partial charge in [-0.3, -0.25) is 14.5 Å². The summed E-state index contributed by atoms with van der Waals surface area (Å²) in [6.07, 6.45) is 0.696. The number of anilines is 2. The lowest BCUT2D eigenvalue weighted by Gasteiger charge is -2.26. The molecular formula is C30H30N4O3. The van der Waals surface area contributed by atoms with E-state index in [1.165, 1.54) is 4.90 Å². The summed E-state index contributed by atoms with van der Waals surface area (Å²) in [5.74, 6) is -1.12. The molecular weight excluding hydrogens is 464 g/mol. The maximum atomic E-state index is 13.5. The summed E-state index contributed by atoms with van der Waals surface area (Å²) in [7, 11) is 0. The van der Waals surface area contributed by atoms with E-state index in [-0.39, 0.29) is 17.8 Å². The van der Waals surface area contributed by atoms with Crippen LogP contribution in [0.15, 0.2) is 90.2 Å². The molecule has 7 nitrogen and oxygen atoms in total. The maximum Gasteiger partial charge on any atom is 0.296 e. The Labute approximate surface area is 216 Å². The molecule has 7 heteroatoms. The van der Waals surface area contributed by atoms with Crippen LogP contribution in [0.1, 0.15) is 37.4 Å². The smallest absolute Gasteiger partial charge is 0.296 e. The van der Waals surface area contributed by atoms with Crippen molar-refractivity contribution in [1.82, 2.24) is 9.97 Å². The number of rotatable bonds is 9. The van der Waals surface area contributed by atoms with Crippen LogP contribution >= 0.6 is 0 Å². The fourth-order valence-corrected chi connectivity index (χ4v) is 4.97. The van der Waals surface area contributed by atoms with Gasteiger partial charge in [-0.25, -0.2) is 4.98 Å². The number of carbonyl (C=O) groups excluding carboxylic acids is 2. The molecule has 2 N–H and O–H groups in total. The number of amides is 1. The summed E-state index contributed by atoms with van der Waals surface area (Å²) >= 11 is 0. The standard InChI is InChI=1S/C30H30N4O3/c1-3-33(4-2)22-17-15-21(16-18-22)27-26(25(35)19-14-20-10-6-5-7-11-20)28(36)29(37)34(27)30-31-23-12-8-9-13-24(23)32-30/h5-13,15-18,27,36H,3-4,14,19H2,1-2H3,(H,31,32). The number of para-hydroxylation sites is 2. The molecule has 0 fully saturated rings. The van der Waals surface area contributed by atoms with Crippen molar-refractivity contribution in [2.45, 2.75) is 32.7 Å². The summed E-state index contributed by atoms with van der Waals surface area (Å²) < 4.78 is 0. The SMILES string of the molecule is CCN(CC)c1ccc(C2C(C(=O)CCc3ccccc3)=C(O)C(=O)N2c2nc3ccccc3[nH]2)cc1. The third-order valence-electron chi connectivity index (χ3n) is 6.93. The van der Waals surface area contributed by atoms with E-state index in [2.05, 4.69) is 28.7 Å². The van der Waals surface area contributed by atoms with Crippen molar-refractivity contribution in [3.8, 4) is 0 Å². The average molecular weight is 495 g/mol. The van der Waals surface area contributed by atoms with Crippen LogP contribution in [0.3, 0.4) is 0 Å². The second-order valence-corrected chi connectivity index (χ2v) is 9.09. The highest BCUT2D eigenvalue weighted by atomic mass is 16.3. The lowest BCUT2D eigenvalue weighted by molar-refractivity contribution is -0.118. The van der Waals surface area contributed by atoms with Crippen LogP contribution < -0.4 is 9.80 Å². The molecule has 1 aliphatic rings. The topological polar surface area (TPSA) is 89.5 Å². The fraction of sp³-hybridized carbons (Fsp3) is 0.233. The van der Waals surface area contributed by atoms with Gasteiger partial charge in [-0.1, -0.05) is 54.6 Å². The van der Waals surface area contributed by atoms with E-state index in [0.717, 1.165) is 35.4 Å². The number of nitrogens with zero attached hydrogens (tertiary/aromatic N) is 3. The van der Waals surface area contributed by atoms with Crippen molar-refractivity contribution in [1.29, 1.82) is 0 Å². The third kappa shape index (κ3) is 4.60. The molecule has 0 spiro atoms. The molecule has 1 amide bonds. The summed E-state index contributed by atoms with van der Waals surface area (Å²) in [5, 5.41) is 11.0. The zero-order chi connectivity index (χ0) is 25.9. The maximum absolute atomic E-state index is 13.5. The number of aryl methyl sites for hydroxylation is 1. The van der Waals surface area contributed by atoms with Gasteiger partial charge in [-0.05, 0) is 55.7 Å². The van der Waals surface area contributed by atoms with Gasteiger partial charge in [0.25, 0.3) is 5.91 Å². The van der Waals surface area contributed by atoms with Crippen molar-refractivity contribution in [2.24, 2.45) is 0 Å². The number of hydrogen-bond acceptors (Lipinski definition) is 5. The van der Waals surface area contributed by atoms with E-state index in [4.69, 9.17) is 0 Å². The monoisotopic (exact) mass is 494 g/mol.